The largest absolute Gasteiger partial charge is 0.387 e. The molecule has 2 unspecified atom stereocenters. The van der Waals surface area contributed by atoms with Crippen LogP contribution in [0.25, 0.3) is 0 Å². The van der Waals surface area contributed by atoms with Crippen molar-refractivity contribution in [3.8, 4) is 0 Å². The van der Waals surface area contributed by atoms with E-state index in [2.05, 4.69) is 29.6 Å². The van der Waals surface area contributed by atoms with Crippen LogP contribution < -0.4 is 5.32 Å². The first-order valence-corrected chi connectivity index (χ1v) is 8.40. The number of thiophene rings is 1. The number of hydrogen-bond donors (Lipinski definition) is 2. The van der Waals surface area contributed by atoms with E-state index in [9.17, 15) is 5.11 Å². The van der Waals surface area contributed by atoms with E-state index in [0.29, 0.717) is 12.5 Å². The summed E-state index contributed by atoms with van der Waals surface area (Å²) in [5.41, 5.74) is 2.46. The molecule has 0 amide bonds. The van der Waals surface area contributed by atoms with Gasteiger partial charge in [0.05, 0.1) is 6.10 Å². The molecule has 0 saturated carbocycles. The molecule has 0 aliphatic carbocycles. The highest BCUT2D eigenvalue weighted by molar-refractivity contribution is 7.99. The van der Waals surface area contributed by atoms with Crippen LogP contribution in [0.1, 0.15) is 23.1 Å². The highest BCUT2D eigenvalue weighted by atomic mass is 32.2. The number of aliphatic hydroxyl groups is 1. The van der Waals surface area contributed by atoms with Gasteiger partial charge in [0.25, 0.3) is 0 Å². The van der Waals surface area contributed by atoms with Gasteiger partial charge >= 0.3 is 0 Å². The van der Waals surface area contributed by atoms with Crippen molar-refractivity contribution in [3.63, 3.8) is 0 Å². The number of benzene rings is 1. The second-order valence-electron chi connectivity index (χ2n) is 4.78. The molecular weight excluding hydrogens is 274 g/mol. The van der Waals surface area contributed by atoms with Crippen molar-refractivity contribution >= 4 is 23.1 Å². The molecule has 2 aromatic rings. The highest BCUT2D eigenvalue weighted by Gasteiger charge is 2.22. The van der Waals surface area contributed by atoms with Gasteiger partial charge < -0.3 is 10.4 Å². The Morgan fingerprint density at radius 2 is 2.21 bits per heavy atom. The Morgan fingerprint density at radius 1 is 1.32 bits per heavy atom. The number of nitrogens with one attached hydrogen (secondary N) is 1. The Balaban J connectivity index is 1.51. The molecule has 0 spiro atoms. The minimum absolute atomic E-state index is 0.393. The smallest absolute Gasteiger partial charge is 0.0922 e. The zero-order valence-electron chi connectivity index (χ0n) is 10.6. The van der Waals surface area contributed by atoms with Crippen molar-refractivity contribution < 1.29 is 5.11 Å². The summed E-state index contributed by atoms with van der Waals surface area (Å²) in [6.45, 7) is 1.56. The van der Waals surface area contributed by atoms with E-state index in [0.717, 1.165) is 17.9 Å². The zero-order chi connectivity index (χ0) is 13.1. The van der Waals surface area contributed by atoms with E-state index in [-0.39, 0.29) is 0 Å². The molecule has 0 fully saturated rings. The lowest BCUT2D eigenvalue weighted by Crippen LogP contribution is -2.26. The van der Waals surface area contributed by atoms with Crippen LogP contribution in [0.5, 0.6) is 0 Å². The normalized spacial score (nSPS) is 19.3. The predicted molar refractivity (Wildman–Crippen MR) is 82.1 cm³/mol. The minimum Gasteiger partial charge on any atom is -0.387 e. The Morgan fingerprint density at radius 3 is 3.05 bits per heavy atom. The van der Waals surface area contributed by atoms with E-state index in [1.165, 1.54) is 10.5 Å². The first kappa shape index (κ1) is 13.2. The number of hydrogen-bond acceptors (Lipinski definition) is 4. The lowest BCUT2D eigenvalue weighted by molar-refractivity contribution is 0.175. The molecule has 4 heteroatoms. The lowest BCUT2D eigenvalue weighted by atomic mass is 10.0. The van der Waals surface area contributed by atoms with Crippen molar-refractivity contribution in [2.24, 2.45) is 0 Å². The van der Waals surface area contributed by atoms with Gasteiger partial charge in [0.2, 0.25) is 0 Å². The summed E-state index contributed by atoms with van der Waals surface area (Å²) in [5, 5.41) is 17.4. The molecule has 19 heavy (non-hydrogen) atoms. The second kappa shape index (κ2) is 6.09. The molecular formula is C15H17NOS2. The van der Waals surface area contributed by atoms with Crippen molar-refractivity contribution in [3.05, 3.63) is 52.2 Å². The third-order valence-electron chi connectivity index (χ3n) is 3.46. The van der Waals surface area contributed by atoms with E-state index in [1.54, 1.807) is 11.3 Å². The zero-order valence-corrected chi connectivity index (χ0v) is 12.2. The Hall–Kier alpha value is -0.810. The number of rotatable bonds is 5. The van der Waals surface area contributed by atoms with Crippen molar-refractivity contribution in [1.82, 2.24) is 5.32 Å². The summed E-state index contributed by atoms with van der Waals surface area (Å²) in [6, 6.07) is 10.6. The van der Waals surface area contributed by atoms with E-state index in [4.69, 9.17) is 0 Å². The molecule has 1 aromatic carbocycles. The SMILES string of the molecule is OC(CNCC1CSc2ccccc21)c1ccsc1. The first-order valence-electron chi connectivity index (χ1n) is 6.47. The van der Waals surface area contributed by atoms with Crippen LogP contribution in [-0.4, -0.2) is 23.9 Å². The molecule has 1 aromatic heterocycles. The van der Waals surface area contributed by atoms with Gasteiger partial charge in [-0.05, 0) is 34.0 Å². The fourth-order valence-corrected chi connectivity index (χ4v) is 4.34. The quantitative estimate of drug-likeness (QED) is 0.887. The summed E-state index contributed by atoms with van der Waals surface area (Å²) in [5.74, 6) is 1.71. The fourth-order valence-electron chi connectivity index (χ4n) is 2.38. The van der Waals surface area contributed by atoms with Crippen LogP contribution in [0.4, 0.5) is 0 Å². The number of fused-ring (bicyclic) bond motifs is 1. The fraction of sp³-hybridized carbons (Fsp3) is 0.333. The van der Waals surface area contributed by atoms with Gasteiger partial charge in [-0.3, -0.25) is 0 Å². The third kappa shape index (κ3) is 3.03. The predicted octanol–water partition coefficient (Wildman–Crippen LogP) is 3.26. The van der Waals surface area contributed by atoms with Gasteiger partial charge in [-0.15, -0.1) is 11.8 Å². The van der Waals surface area contributed by atoms with Crippen LogP contribution >= 0.6 is 23.1 Å². The van der Waals surface area contributed by atoms with Crippen LogP contribution in [0.2, 0.25) is 0 Å². The van der Waals surface area contributed by atoms with Crippen molar-refractivity contribution in [2.75, 3.05) is 18.8 Å². The molecule has 2 nitrogen and oxygen atoms in total. The van der Waals surface area contributed by atoms with Gasteiger partial charge in [-0.2, -0.15) is 11.3 Å². The maximum atomic E-state index is 10.0. The molecule has 0 bridgehead atoms. The van der Waals surface area contributed by atoms with Gasteiger partial charge in [0.15, 0.2) is 0 Å². The van der Waals surface area contributed by atoms with Gasteiger partial charge in [-0.1, -0.05) is 18.2 Å². The number of thioether (sulfide) groups is 1. The summed E-state index contributed by atoms with van der Waals surface area (Å²) in [7, 11) is 0. The van der Waals surface area contributed by atoms with Crippen LogP contribution in [0.3, 0.4) is 0 Å². The summed E-state index contributed by atoms with van der Waals surface area (Å²) >= 11 is 3.56. The molecule has 1 aliphatic heterocycles. The Labute approximate surface area is 121 Å². The number of aliphatic hydroxyl groups excluding tert-OH is 1. The van der Waals surface area contributed by atoms with Crippen molar-refractivity contribution in [2.45, 2.75) is 16.9 Å². The first-order chi connectivity index (χ1) is 9.34. The van der Waals surface area contributed by atoms with Gasteiger partial charge in [0.1, 0.15) is 0 Å². The minimum atomic E-state index is -0.393. The Bertz CT molecular complexity index is 527. The topological polar surface area (TPSA) is 32.3 Å². The van der Waals surface area contributed by atoms with Gasteiger partial charge in [0, 0.05) is 29.7 Å². The van der Waals surface area contributed by atoms with E-state index < -0.39 is 6.10 Å². The molecule has 1 aliphatic rings. The molecule has 0 radical (unpaired) electrons. The average Bonchev–Trinajstić information content (AvgIpc) is 3.08. The highest BCUT2D eigenvalue weighted by Crippen LogP contribution is 2.38. The summed E-state index contributed by atoms with van der Waals surface area (Å²) < 4.78 is 0. The van der Waals surface area contributed by atoms with Crippen LogP contribution in [0, 0.1) is 0 Å². The van der Waals surface area contributed by atoms with Crippen LogP contribution in [0.15, 0.2) is 46.0 Å². The molecule has 2 atom stereocenters. The lowest BCUT2D eigenvalue weighted by Gasteiger charge is -2.14. The Kier molecular flexibility index (Phi) is 4.23. The van der Waals surface area contributed by atoms with E-state index >= 15 is 0 Å². The van der Waals surface area contributed by atoms with Crippen LogP contribution in [-0.2, 0) is 0 Å². The van der Waals surface area contributed by atoms with E-state index in [1.807, 2.05) is 28.6 Å². The monoisotopic (exact) mass is 291 g/mol. The molecule has 2 heterocycles. The van der Waals surface area contributed by atoms with Gasteiger partial charge in [-0.25, -0.2) is 0 Å². The maximum absolute atomic E-state index is 10.0. The molecule has 2 N–H and O–H groups in total. The molecule has 0 saturated heterocycles. The average molecular weight is 291 g/mol. The summed E-state index contributed by atoms with van der Waals surface area (Å²) in [4.78, 5) is 1.41. The molecule has 3 rings (SSSR count). The third-order valence-corrected chi connectivity index (χ3v) is 5.41. The second-order valence-corrected chi connectivity index (χ2v) is 6.62. The summed E-state index contributed by atoms with van der Waals surface area (Å²) in [6.07, 6.45) is -0.393. The molecule has 100 valence electrons. The standard InChI is InChI=1S/C15H17NOS2/c17-14(11-5-6-18-9-11)8-16-7-12-10-19-15-4-2-1-3-13(12)15/h1-6,9,12,14,16-17H,7-8,10H2. The van der Waals surface area contributed by atoms with Crippen molar-refractivity contribution in [1.29, 1.82) is 0 Å². The maximum Gasteiger partial charge on any atom is 0.0922 e.